The van der Waals surface area contributed by atoms with Gasteiger partial charge in [0.05, 0.1) is 4.90 Å². The first-order valence-corrected chi connectivity index (χ1v) is 11.7. The van der Waals surface area contributed by atoms with E-state index in [0.29, 0.717) is 32.4 Å². The number of fused-ring (bicyclic) bond motifs is 1. The van der Waals surface area contributed by atoms with E-state index in [1.807, 2.05) is 6.92 Å². The van der Waals surface area contributed by atoms with Gasteiger partial charge in [0.15, 0.2) is 0 Å². The van der Waals surface area contributed by atoms with Gasteiger partial charge in [-0.05, 0) is 70.7 Å². The molecule has 2 heterocycles. The molecule has 0 aliphatic carbocycles. The van der Waals surface area contributed by atoms with Gasteiger partial charge in [0.2, 0.25) is 15.9 Å². The zero-order valence-electron chi connectivity index (χ0n) is 18.3. The van der Waals surface area contributed by atoms with E-state index in [9.17, 15) is 18.0 Å². The maximum Gasteiger partial charge on any atom is 0.407 e. The fraction of sp³-hybridized carbons (Fsp3) is 0.619. The smallest absolute Gasteiger partial charge is 0.407 e. The number of anilines is 1. The van der Waals surface area contributed by atoms with Crippen molar-refractivity contribution in [2.24, 2.45) is 0 Å². The standard InChI is InChI=1S/C21H31N3O5S/c1-14-12-16-13-18(6-7-19(16)24(14)15(2)25)30(27,28)23-10-8-17(9-11-23)22-20(26)29-21(3,4)5/h6-7,13-14,17H,8-12H2,1-5H3,(H,22,26). The molecule has 3 rings (SSSR count). The third-order valence-corrected chi connectivity index (χ3v) is 7.31. The molecule has 1 fully saturated rings. The number of nitrogens with zero attached hydrogens (tertiary/aromatic N) is 2. The number of hydrogen-bond donors (Lipinski definition) is 1. The second kappa shape index (κ2) is 8.19. The molecule has 1 aromatic rings. The Balaban J connectivity index is 1.66. The molecule has 1 atom stereocenters. The number of alkyl carbamates (subject to hydrolysis) is 1. The molecule has 9 heteroatoms. The van der Waals surface area contributed by atoms with Crippen LogP contribution in [-0.2, 0) is 26.0 Å². The normalized spacial score (nSPS) is 20.7. The fourth-order valence-electron chi connectivity index (χ4n) is 4.11. The van der Waals surface area contributed by atoms with Gasteiger partial charge < -0.3 is 15.0 Å². The number of carbonyl (C=O) groups is 2. The number of sulfonamides is 1. The van der Waals surface area contributed by atoms with Gasteiger partial charge in [0.25, 0.3) is 0 Å². The van der Waals surface area contributed by atoms with Crippen molar-refractivity contribution < 1.29 is 22.7 Å². The van der Waals surface area contributed by atoms with E-state index in [1.165, 1.54) is 11.2 Å². The molecule has 0 spiro atoms. The van der Waals surface area contributed by atoms with Crippen molar-refractivity contribution >= 4 is 27.7 Å². The van der Waals surface area contributed by atoms with Gasteiger partial charge in [0, 0.05) is 37.8 Å². The minimum absolute atomic E-state index is 0.0186. The summed E-state index contributed by atoms with van der Waals surface area (Å²) in [5.74, 6) is -0.0450. The Morgan fingerprint density at radius 3 is 2.37 bits per heavy atom. The van der Waals surface area contributed by atoms with Crippen molar-refractivity contribution in [2.45, 2.75) is 76.5 Å². The molecule has 8 nitrogen and oxygen atoms in total. The maximum atomic E-state index is 13.1. The zero-order chi connectivity index (χ0) is 22.3. The third kappa shape index (κ3) is 4.78. The number of ether oxygens (including phenoxy) is 1. The highest BCUT2D eigenvalue weighted by Gasteiger charge is 2.34. The molecule has 2 aliphatic heterocycles. The van der Waals surface area contributed by atoms with E-state index in [-0.39, 0.29) is 22.9 Å². The first-order valence-electron chi connectivity index (χ1n) is 10.3. The highest BCUT2D eigenvalue weighted by atomic mass is 32.2. The van der Waals surface area contributed by atoms with E-state index in [1.54, 1.807) is 43.9 Å². The summed E-state index contributed by atoms with van der Waals surface area (Å²) in [5.41, 5.74) is 1.09. The predicted molar refractivity (Wildman–Crippen MR) is 114 cm³/mol. The Hall–Kier alpha value is -2.13. The second-order valence-corrected chi connectivity index (χ2v) is 11.0. The summed E-state index contributed by atoms with van der Waals surface area (Å²) in [6, 6.07) is 4.90. The number of nitrogens with one attached hydrogen (secondary N) is 1. The minimum atomic E-state index is -3.63. The second-order valence-electron chi connectivity index (χ2n) is 9.06. The molecule has 1 unspecified atom stereocenters. The van der Waals surface area contributed by atoms with Crippen LogP contribution >= 0.6 is 0 Å². The van der Waals surface area contributed by atoms with E-state index in [0.717, 1.165) is 11.3 Å². The number of rotatable bonds is 3. The lowest BCUT2D eigenvalue weighted by molar-refractivity contribution is -0.116. The lowest BCUT2D eigenvalue weighted by Crippen LogP contribution is -2.47. The minimum Gasteiger partial charge on any atom is -0.444 e. The van der Waals surface area contributed by atoms with Crippen molar-refractivity contribution in [3.8, 4) is 0 Å². The summed E-state index contributed by atoms with van der Waals surface area (Å²) in [5, 5.41) is 2.82. The molecule has 166 valence electrons. The molecule has 0 aromatic heterocycles. The van der Waals surface area contributed by atoms with Crippen LogP contribution < -0.4 is 10.2 Å². The van der Waals surface area contributed by atoms with Crippen molar-refractivity contribution in [3.63, 3.8) is 0 Å². The van der Waals surface area contributed by atoms with Gasteiger partial charge in [-0.15, -0.1) is 0 Å². The maximum absolute atomic E-state index is 13.1. The largest absolute Gasteiger partial charge is 0.444 e. The number of benzene rings is 1. The van der Waals surface area contributed by atoms with Crippen molar-refractivity contribution in [1.82, 2.24) is 9.62 Å². The topological polar surface area (TPSA) is 96.0 Å². The highest BCUT2D eigenvalue weighted by Crippen LogP contribution is 2.34. The Kier molecular flexibility index (Phi) is 6.15. The Labute approximate surface area is 178 Å². The molecule has 1 saturated heterocycles. The summed E-state index contributed by atoms with van der Waals surface area (Å²) in [4.78, 5) is 25.8. The molecule has 0 radical (unpaired) electrons. The molecule has 0 saturated carbocycles. The van der Waals surface area contributed by atoms with Crippen molar-refractivity contribution in [1.29, 1.82) is 0 Å². The summed E-state index contributed by atoms with van der Waals surface area (Å²) in [7, 11) is -3.63. The summed E-state index contributed by atoms with van der Waals surface area (Å²) in [6.07, 6.45) is 1.21. The molecule has 2 aliphatic rings. The van der Waals surface area contributed by atoms with Crippen LogP contribution in [0.4, 0.5) is 10.5 Å². The van der Waals surface area contributed by atoms with Crippen LogP contribution in [0.25, 0.3) is 0 Å². The molecular weight excluding hydrogens is 406 g/mol. The monoisotopic (exact) mass is 437 g/mol. The van der Waals surface area contributed by atoms with Gasteiger partial charge in [0.1, 0.15) is 5.60 Å². The zero-order valence-corrected chi connectivity index (χ0v) is 19.1. The van der Waals surface area contributed by atoms with E-state index in [2.05, 4.69) is 5.32 Å². The lowest BCUT2D eigenvalue weighted by Gasteiger charge is -2.32. The lowest BCUT2D eigenvalue weighted by atomic mass is 10.1. The van der Waals surface area contributed by atoms with E-state index < -0.39 is 21.7 Å². The summed E-state index contributed by atoms with van der Waals surface area (Å²) >= 11 is 0. The Bertz CT molecular complexity index is 930. The SMILES string of the molecule is CC(=O)N1c2ccc(S(=O)(=O)N3CCC(NC(=O)OC(C)(C)C)CC3)cc2CC1C. The molecule has 2 amide bonds. The first kappa shape index (κ1) is 22.6. The van der Waals surface area contributed by atoms with Crippen molar-refractivity contribution in [3.05, 3.63) is 23.8 Å². The van der Waals surface area contributed by atoms with Gasteiger partial charge in [-0.2, -0.15) is 4.31 Å². The van der Waals surface area contributed by atoms with Gasteiger partial charge >= 0.3 is 6.09 Å². The van der Waals surface area contributed by atoms with Gasteiger partial charge in [-0.25, -0.2) is 13.2 Å². The average Bonchev–Trinajstić information content (AvgIpc) is 2.95. The quantitative estimate of drug-likeness (QED) is 0.784. The molecule has 1 N–H and O–H groups in total. The van der Waals surface area contributed by atoms with Crippen molar-refractivity contribution in [2.75, 3.05) is 18.0 Å². The molecule has 30 heavy (non-hydrogen) atoms. The summed E-state index contributed by atoms with van der Waals surface area (Å²) < 4.78 is 33.0. The first-order chi connectivity index (χ1) is 13.9. The number of hydrogen-bond acceptors (Lipinski definition) is 5. The van der Waals surface area contributed by atoms with E-state index >= 15 is 0 Å². The van der Waals surface area contributed by atoms with Crippen LogP contribution in [0.5, 0.6) is 0 Å². The fourth-order valence-corrected chi connectivity index (χ4v) is 5.63. The number of carbonyl (C=O) groups excluding carboxylic acids is 2. The van der Waals surface area contributed by atoms with Crippen LogP contribution in [0, 0.1) is 0 Å². The van der Waals surface area contributed by atoms with E-state index in [4.69, 9.17) is 4.74 Å². The number of piperidine rings is 1. The molecule has 0 bridgehead atoms. The number of amides is 2. The average molecular weight is 438 g/mol. The van der Waals surface area contributed by atoms with Crippen LogP contribution in [-0.4, -0.2) is 55.5 Å². The Morgan fingerprint density at radius 2 is 1.80 bits per heavy atom. The van der Waals surface area contributed by atoms with Gasteiger partial charge in [-0.3, -0.25) is 4.79 Å². The third-order valence-electron chi connectivity index (χ3n) is 5.42. The van der Waals surface area contributed by atoms with Crippen LogP contribution in [0.1, 0.15) is 53.0 Å². The molecular formula is C21H31N3O5S. The summed E-state index contributed by atoms with van der Waals surface area (Å²) in [6.45, 7) is 9.54. The van der Waals surface area contributed by atoms with Crippen LogP contribution in [0.15, 0.2) is 23.1 Å². The highest BCUT2D eigenvalue weighted by molar-refractivity contribution is 7.89. The predicted octanol–water partition coefficient (Wildman–Crippen LogP) is 2.66. The van der Waals surface area contributed by atoms with Crippen LogP contribution in [0.2, 0.25) is 0 Å². The van der Waals surface area contributed by atoms with Gasteiger partial charge in [-0.1, -0.05) is 0 Å². The Morgan fingerprint density at radius 1 is 1.17 bits per heavy atom. The molecule has 1 aromatic carbocycles. The van der Waals surface area contributed by atoms with Crippen LogP contribution in [0.3, 0.4) is 0 Å².